The molecule has 0 spiro atoms. The van der Waals surface area contributed by atoms with Crippen LogP contribution in [0.5, 0.6) is 0 Å². The van der Waals surface area contributed by atoms with Crippen LogP contribution in [0.15, 0.2) is 36.7 Å². The minimum Gasteiger partial charge on any atom is -0.357 e. The molecular weight excluding hydrogens is 271 g/mol. The molecule has 1 heterocycles. The van der Waals surface area contributed by atoms with E-state index < -0.39 is 11.7 Å². The number of rotatable bonds is 5. The molecule has 0 saturated heterocycles. The van der Waals surface area contributed by atoms with Crippen molar-refractivity contribution < 1.29 is 9.18 Å². The molecule has 2 aromatic rings. The molecule has 5 nitrogen and oxygen atoms in total. The highest BCUT2D eigenvalue weighted by atomic mass is 19.1. The summed E-state index contributed by atoms with van der Waals surface area (Å²) >= 11 is 0. The number of halogens is 1. The molecule has 0 radical (unpaired) electrons. The Morgan fingerprint density at radius 1 is 1.24 bits per heavy atom. The molecule has 0 unspecified atom stereocenters. The number of carbonyl (C=O) groups excluding carboxylic acids is 1. The number of aromatic nitrogens is 2. The summed E-state index contributed by atoms with van der Waals surface area (Å²) in [4.78, 5) is 22.3. The summed E-state index contributed by atoms with van der Waals surface area (Å²) in [6.07, 6.45) is 1.40. The maximum absolute atomic E-state index is 13.1. The molecule has 21 heavy (non-hydrogen) atoms. The van der Waals surface area contributed by atoms with Gasteiger partial charge in [-0.3, -0.25) is 4.79 Å². The number of anilines is 2. The van der Waals surface area contributed by atoms with Crippen LogP contribution in [0.1, 0.15) is 24.2 Å². The molecule has 0 fully saturated rings. The lowest BCUT2D eigenvalue weighted by molar-refractivity contribution is 0.102. The molecule has 0 saturated carbocycles. The Balaban J connectivity index is 2.16. The molecule has 1 aromatic heterocycles. The van der Waals surface area contributed by atoms with E-state index in [4.69, 9.17) is 0 Å². The lowest BCUT2D eigenvalue weighted by atomic mass is 10.2. The molecule has 0 aliphatic heterocycles. The molecule has 1 amide bonds. The predicted molar refractivity (Wildman–Crippen MR) is 79.9 cm³/mol. The van der Waals surface area contributed by atoms with Crippen LogP contribution in [0.25, 0.3) is 0 Å². The van der Waals surface area contributed by atoms with Crippen molar-refractivity contribution in [3.8, 4) is 0 Å². The Kier molecular flexibility index (Phi) is 4.81. The normalized spacial score (nSPS) is 10.2. The second-order valence-electron chi connectivity index (χ2n) is 4.40. The third kappa shape index (κ3) is 3.75. The first-order chi connectivity index (χ1) is 10.1. The zero-order valence-electron chi connectivity index (χ0n) is 12.0. The van der Waals surface area contributed by atoms with Crippen molar-refractivity contribution in [3.05, 3.63) is 48.0 Å². The Bertz CT molecular complexity index is 629. The molecule has 0 aliphatic rings. The molecule has 0 atom stereocenters. The van der Waals surface area contributed by atoms with Gasteiger partial charge in [-0.2, -0.15) is 0 Å². The van der Waals surface area contributed by atoms with Gasteiger partial charge in [-0.15, -0.1) is 0 Å². The largest absolute Gasteiger partial charge is 0.357 e. The van der Waals surface area contributed by atoms with Gasteiger partial charge in [-0.05, 0) is 32.0 Å². The Hall–Kier alpha value is -2.50. The first kappa shape index (κ1) is 14.9. The van der Waals surface area contributed by atoms with Crippen LogP contribution in [0.3, 0.4) is 0 Å². The van der Waals surface area contributed by atoms with Gasteiger partial charge in [0.05, 0.1) is 0 Å². The van der Waals surface area contributed by atoms with E-state index in [1.54, 1.807) is 12.1 Å². The predicted octanol–water partition coefficient (Wildman–Crippen LogP) is 2.71. The van der Waals surface area contributed by atoms with Crippen molar-refractivity contribution in [2.45, 2.75) is 13.8 Å². The van der Waals surface area contributed by atoms with E-state index in [-0.39, 0.29) is 5.56 Å². The van der Waals surface area contributed by atoms with Crippen LogP contribution >= 0.6 is 0 Å². The highest BCUT2D eigenvalue weighted by molar-refractivity contribution is 6.03. The summed E-state index contributed by atoms with van der Waals surface area (Å²) < 4.78 is 13.1. The van der Waals surface area contributed by atoms with Gasteiger partial charge < -0.3 is 10.2 Å². The number of benzene rings is 1. The van der Waals surface area contributed by atoms with Crippen molar-refractivity contribution in [1.29, 1.82) is 0 Å². The summed E-state index contributed by atoms with van der Waals surface area (Å²) in [5.74, 6) is 0.276. The van der Waals surface area contributed by atoms with E-state index in [1.807, 2.05) is 18.7 Å². The van der Waals surface area contributed by atoms with E-state index in [0.717, 1.165) is 18.9 Å². The second kappa shape index (κ2) is 6.78. The van der Waals surface area contributed by atoms with Gasteiger partial charge in [0, 0.05) is 24.7 Å². The summed E-state index contributed by atoms with van der Waals surface area (Å²) in [6.45, 7) is 5.67. The summed E-state index contributed by atoms with van der Waals surface area (Å²) in [5, 5.41) is 2.65. The number of hydrogen-bond acceptors (Lipinski definition) is 4. The number of carbonyl (C=O) groups is 1. The van der Waals surface area contributed by atoms with Gasteiger partial charge in [0.15, 0.2) is 0 Å². The third-order valence-corrected chi connectivity index (χ3v) is 3.07. The SMILES string of the molecule is CCN(CC)c1cc(NC(=O)c2cccc(F)c2)ncn1. The molecule has 110 valence electrons. The first-order valence-corrected chi connectivity index (χ1v) is 6.78. The fourth-order valence-electron chi connectivity index (χ4n) is 1.95. The number of nitrogens with one attached hydrogen (secondary N) is 1. The van der Waals surface area contributed by atoms with Crippen LogP contribution in [-0.2, 0) is 0 Å². The second-order valence-corrected chi connectivity index (χ2v) is 4.40. The van der Waals surface area contributed by atoms with Crippen LogP contribution in [0.4, 0.5) is 16.0 Å². The lowest BCUT2D eigenvalue weighted by Crippen LogP contribution is -2.23. The van der Waals surface area contributed by atoms with Crippen molar-refractivity contribution in [1.82, 2.24) is 9.97 Å². The van der Waals surface area contributed by atoms with Crippen molar-refractivity contribution in [2.24, 2.45) is 0 Å². The molecular formula is C15H17FN4O. The zero-order valence-corrected chi connectivity index (χ0v) is 12.0. The van der Waals surface area contributed by atoms with E-state index in [1.165, 1.54) is 24.5 Å². The van der Waals surface area contributed by atoms with Crippen molar-refractivity contribution >= 4 is 17.5 Å². The maximum Gasteiger partial charge on any atom is 0.256 e. The summed E-state index contributed by atoms with van der Waals surface area (Å²) in [6, 6.07) is 7.21. The number of hydrogen-bond donors (Lipinski definition) is 1. The minimum absolute atomic E-state index is 0.248. The van der Waals surface area contributed by atoms with E-state index >= 15 is 0 Å². The van der Waals surface area contributed by atoms with Gasteiger partial charge in [0.25, 0.3) is 5.91 Å². The van der Waals surface area contributed by atoms with Gasteiger partial charge >= 0.3 is 0 Å². The molecule has 0 bridgehead atoms. The molecule has 0 aliphatic carbocycles. The average molecular weight is 288 g/mol. The van der Waals surface area contributed by atoms with Gasteiger partial charge in [0.2, 0.25) is 0 Å². The lowest BCUT2D eigenvalue weighted by Gasteiger charge is -2.19. The molecule has 2 rings (SSSR count). The molecule has 6 heteroatoms. The topological polar surface area (TPSA) is 58.1 Å². The van der Waals surface area contributed by atoms with Crippen LogP contribution < -0.4 is 10.2 Å². The Morgan fingerprint density at radius 2 is 2.00 bits per heavy atom. The third-order valence-electron chi connectivity index (χ3n) is 3.07. The van der Waals surface area contributed by atoms with Crippen molar-refractivity contribution in [2.75, 3.05) is 23.3 Å². The minimum atomic E-state index is -0.450. The molecule has 1 N–H and O–H groups in total. The van der Waals surface area contributed by atoms with Crippen LogP contribution in [0, 0.1) is 5.82 Å². The van der Waals surface area contributed by atoms with Gasteiger partial charge in [0.1, 0.15) is 23.8 Å². The van der Waals surface area contributed by atoms with Crippen molar-refractivity contribution in [3.63, 3.8) is 0 Å². The maximum atomic E-state index is 13.1. The quantitative estimate of drug-likeness (QED) is 0.919. The van der Waals surface area contributed by atoms with E-state index in [2.05, 4.69) is 15.3 Å². The van der Waals surface area contributed by atoms with E-state index in [0.29, 0.717) is 5.82 Å². The fourth-order valence-corrected chi connectivity index (χ4v) is 1.95. The summed E-state index contributed by atoms with van der Waals surface area (Å²) in [7, 11) is 0. The standard InChI is InChI=1S/C15H17FN4O/c1-3-20(4-2)14-9-13(17-10-18-14)19-15(21)11-6-5-7-12(16)8-11/h5-10H,3-4H2,1-2H3,(H,17,18,19,21). The monoisotopic (exact) mass is 288 g/mol. The summed E-state index contributed by atoms with van der Waals surface area (Å²) in [5.41, 5.74) is 0.248. The Morgan fingerprint density at radius 3 is 2.67 bits per heavy atom. The number of amides is 1. The first-order valence-electron chi connectivity index (χ1n) is 6.78. The highest BCUT2D eigenvalue weighted by Gasteiger charge is 2.10. The van der Waals surface area contributed by atoms with Gasteiger partial charge in [-0.25, -0.2) is 14.4 Å². The van der Waals surface area contributed by atoms with E-state index in [9.17, 15) is 9.18 Å². The fraction of sp³-hybridized carbons (Fsp3) is 0.267. The smallest absolute Gasteiger partial charge is 0.256 e. The van der Waals surface area contributed by atoms with Gasteiger partial charge in [-0.1, -0.05) is 6.07 Å². The molecule has 1 aromatic carbocycles. The van der Waals surface area contributed by atoms with Crippen LogP contribution in [-0.4, -0.2) is 29.0 Å². The highest BCUT2D eigenvalue weighted by Crippen LogP contribution is 2.14. The number of nitrogens with zero attached hydrogens (tertiary/aromatic N) is 3. The Labute approximate surface area is 122 Å². The average Bonchev–Trinajstić information content (AvgIpc) is 2.49. The van der Waals surface area contributed by atoms with Crippen LogP contribution in [0.2, 0.25) is 0 Å². The zero-order chi connectivity index (χ0) is 15.2.